The van der Waals surface area contributed by atoms with Crippen molar-refractivity contribution in [2.24, 2.45) is 0 Å². The van der Waals surface area contributed by atoms with Crippen LogP contribution in [-0.2, 0) is 9.53 Å². The second-order valence-electron chi connectivity index (χ2n) is 5.27. The van der Waals surface area contributed by atoms with E-state index in [4.69, 9.17) is 14.2 Å². The maximum Gasteiger partial charge on any atom is 0.348 e. The highest BCUT2D eigenvalue weighted by atomic mass is 32.1. The number of nitrogens with one attached hydrogen (secondary N) is 1. The van der Waals surface area contributed by atoms with E-state index in [2.05, 4.69) is 5.32 Å². The van der Waals surface area contributed by atoms with E-state index in [0.29, 0.717) is 28.0 Å². The topological polar surface area (TPSA) is 73.9 Å². The van der Waals surface area contributed by atoms with Crippen LogP contribution in [0.2, 0.25) is 0 Å². The summed E-state index contributed by atoms with van der Waals surface area (Å²) in [5.41, 5.74) is 1.52. The first kappa shape index (κ1) is 19.5. The Morgan fingerprint density at radius 2 is 1.96 bits per heavy atom. The van der Waals surface area contributed by atoms with Crippen molar-refractivity contribution in [3.63, 3.8) is 0 Å². The van der Waals surface area contributed by atoms with Crippen LogP contribution in [0.3, 0.4) is 0 Å². The first-order chi connectivity index (χ1) is 12.5. The predicted molar refractivity (Wildman–Crippen MR) is 102 cm³/mol. The molecule has 7 heteroatoms. The molecule has 1 aromatic carbocycles. The van der Waals surface area contributed by atoms with Gasteiger partial charge in [-0.2, -0.15) is 0 Å². The summed E-state index contributed by atoms with van der Waals surface area (Å²) in [6.07, 6.45) is 3.06. The van der Waals surface area contributed by atoms with Crippen molar-refractivity contribution in [3.05, 3.63) is 46.3 Å². The Bertz CT molecular complexity index is 825. The average Bonchev–Trinajstić information content (AvgIpc) is 3.00. The number of esters is 1. The van der Waals surface area contributed by atoms with Crippen LogP contribution in [0.4, 0.5) is 5.00 Å². The highest BCUT2D eigenvalue weighted by molar-refractivity contribution is 7.18. The molecule has 2 aromatic rings. The second kappa shape index (κ2) is 9.05. The lowest BCUT2D eigenvalue weighted by atomic mass is 10.1. The third-order valence-corrected chi connectivity index (χ3v) is 4.61. The summed E-state index contributed by atoms with van der Waals surface area (Å²) in [5.74, 6) is 0.586. The zero-order valence-electron chi connectivity index (χ0n) is 15.1. The van der Waals surface area contributed by atoms with Crippen LogP contribution in [0.5, 0.6) is 11.5 Å². The second-order valence-corrected chi connectivity index (χ2v) is 6.33. The Hall–Kier alpha value is -2.80. The van der Waals surface area contributed by atoms with Gasteiger partial charge in [0.05, 0.1) is 25.8 Å². The Morgan fingerprint density at radius 3 is 2.62 bits per heavy atom. The Morgan fingerprint density at radius 1 is 1.19 bits per heavy atom. The molecule has 1 amide bonds. The van der Waals surface area contributed by atoms with Crippen LogP contribution in [0.1, 0.15) is 27.7 Å². The first-order valence-corrected chi connectivity index (χ1v) is 8.78. The van der Waals surface area contributed by atoms with Crippen LogP contribution < -0.4 is 14.8 Å². The molecule has 138 valence electrons. The number of ether oxygens (including phenoxy) is 3. The lowest BCUT2D eigenvalue weighted by Crippen LogP contribution is -2.06. The van der Waals surface area contributed by atoms with E-state index in [-0.39, 0.29) is 11.9 Å². The van der Waals surface area contributed by atoms with Crippen molar-refractivity contribution in [3.8, 4) is 11.5 Å². The molecule has 26 heavy (non-hydrogen) atoms. The van der Waals surface area contributed by atoms with Gasteiger partial charge in [0.15, 0.2) is 0 Å². The molecule has 0 aliphatic rings. The van der Waals surface area contributed by atoms with E-state index < -0.39 is 0 Å². The van der Waals surface area contributed by atoms with Crippen molar-refractivity contribution in [1.82, 2.24) is 0 Å². The molecule has 0 fully saturated rings. The fourth-order valence-corrected chi connectivity index (χ4v) is 3.20. The van der Waals surface area contributed by atoms with Crippen molar-refractivity contribution in [2.75, 3.05) is 26.1 Å². The SMILES string of the molecule is CCOC(=O)c1sc(NC(=O)C=Cc2ccc(OC)cc2OC)cc1C. The summed E-state index contributed by atoms with van der Waals surface area (Å²) in [6.45, 7) is 3.86. The fourth-order valence-electron chi connectivity index (χ4n) is 2.23. The van der Waals surface area contributed by atoms with Gasteiger partial charge in [0.25, 0.3) is 0 Å². The summed E-state index contributed by atoms with van der Waals surface area (Å²) in [4.78, 5) is 24.5. The monoisotopic (exact) mass is 375 g/mol. The van der Waals surface area contributed by atoms with E-state index >= 15 is 0 Å². The Labute approximate surface area is 156 Å². The Balaban J connectivity index is 2.08. The van der Waals surface area contributed by atoms with Gasteiger partial charge in [-0.1, -0.05) is 0 Å². The highest BCUT2D eigenvalue weighted by Gasteiger charge is 2.15. The largest absolute Gasteiger partial charge is 0.497 e. The minimum absolute atomic E-state index is 0.306. The quantitative estimate of drug-likeness (QED) is 0.587. The van der Waals surface area contributed by atoms with Crippen LogP contribution in [-0.4, -0.2) is 32.7 Å². The number of thiophene rings is 1. The molecule has 0 saturated carbocycles. The molecule has 1 N–H and O–H groups in total. The van der Waals surface area contributed by atoms with Crippen molar-refractivity contribution in [2.45, 2.75) is 13.8 Å². The summed E-state index contributed by atoms with van der Waals surface area (Å²) in [6, 6.07) is 7.08. The smallest absolute Gasteiger partial charge is 0.348 e. The molecular weight excluding hydrogens is 354 g/mol. The highest BCUT2D eigenvalue weighted by Crippen LogP contribution is 2.28. The van der Waals surface area contributed by atoms with Crippen LogP contribution in [0, 0.1) is 6.92 Å². The Kier molecular flexibility index (Phi) is 6.80. The van der Waals surface area contributed by atoms with E-state index in [1.807, 2.05) is 0 Å². The van der Waals surface area contributed by atoms with Crippen molar-refractivity contribution >= 4 is 34.3 Å². The number of hydrogen-bond donors (Lipinski definition) is 1. The van der Waals surface area contributed by atoms with Crippen molar-refractivity contribution < 1.29 is 23.8 Å². The molecule has 2 rings (SSSR count). The summed E-state index contributed by atoms with van der Waals surface area (Å²) in [7, 11) is 3.13. The van der Waals surface area contributed by atoms with Crippen molar-refractivity contribution in [1.29, 1.82) is 0 Å². The molecule has 0 aliphatic carbocycles. The average molecular weight is 375 g/mol. The molecule has 6 nitrogen and oxygen atoms in total. The third kappa shape index (κ3) is 4.86. The number of carbonyl (C=O) groups excluding carboxylic acids is 2. The van der Waals surface area contributed by atoms with E-state index in [9.17, 15) is 9.59 Å². The molecule has 1 aromatic heterocycles. The predicted octanol–water partition coefficient (Wildman–Crippen LogP) is 3.90. The molecule has 0 saturated heterocycles. The van der Waals surface area contributed by atoms with Crippen LogP contribution >= 0.6 is 11.3 Å². The fraction of sp³-hybridized carbons (Fsp3) is 0.263. The zero-order valence-corrected chi connectivity index (χ0v) is 15.9. The van der Waals surface area contributed by atoms with Crippen LogP contribution in [0.25, 0.3) is 6.08 Å². The molecule has 0 bridgehead atoms. The van der Waals surface area contributed by atoms with Gasteiger partial charge in [0, 0.05) is 17.7 Å². The molecule has 1 heterocycles. The van der Waals surface area contributed by atoms with Gasteiger partial charge >= 0.3 is 5.97 Å². The van der Waals surface area contributed by atoms with E-state index in [1.165, 1.54) is 17.4 Å². The number of anilines is 1. The number of methoxy groups -OCH3 is 2. The lowest BCUT2D eigenvalue weighted by Gasteiger charge is -2.07. The minimum atomic E-state index is -0.381. The maximum absolute atomic E-state index is 12.2. The normalized spacial score (nSPS) is 10.6. The van der Waals surface area contributed by atoms with Gasteiger partial charge in [-0.25, -0.2) is 4.79 Å². The zero-order chi connectivity index (χ0) is 19.1. The van der Waals surface area contributed by atoms with Gasteiger partial charge in [-0.15, -0.1) is 11.3 Å². The standard InChI is InChI=1S/C19H21NO5S/c1-5-25-19(22)18-12(2)10-17(26-18)20-16(21)9-7-13-6-8-14(23-3)11-15(13)24-4/h6-11H,5H2,1-4H3,(H,20,21). The van der Waals surface area contributed by atoms with Gasteiger partial charge < -0.3 is 19.5 Å². The minimum Gasteiger partial charge on any atom is -0.497 e. The van der Waals surface area contributed by atoms with Gasteiger partial charge in [0.1, 0.15) is 16.4 Å². The van der Waals surface area contributed by atoms with Crippen LogP contribution in [0.15, 0.2) is 30.3 Å². The maximum atomic E-state index is 12.2. The number of benzene rings is 1. The summed E-state index contributed by atoms with van der Waals surface area (Å²) >= 11 is 1.19. The van der Waals surface area contributed by atoms with E-state index in [0.717, 1.165) is 11.1 Å². The number of aryl methyl sites for hydroxylation is 1. The molecule has 0 aliphatic heterocycles. The number of hydrogen-bond acceptors (Lipinski definition) is 6. The lowest BCUT2D eigenvalue weighted by molar-refractivity contribution is -0.111. The molecule has 0 radical (unpaired) electrons. The van der Waals surface area contributed by atoms with Gasteiger partial charge in [-0.05, 0) is 43.7 Å². The summed E-state index contributed by atoms with van der Waals surface area (Å²) < 4.78 is 15.4. The summed E-state index contributed by atoms with van der Waals surface area (Å²) in [5, 5.41) is 3.33. The molecule has 0 spiro atoms. The third-order valence-electron chi connectivity index (χ3n) is 3.48. The molecule has 0 atom stereocenters. The molecule has 0 unspecified atom stereocenters. The number of amides is 1. The van der Waals surface area contributed by atoms with Gasteiger partial charge in [0.2, 0.25) is 5.91 Å². The van der Waals surface area contributed by atoms with Gasteiger partial charge in [-0.3, -0.25) is 4.79 Å². The number of carbonyl (C=O) groups is 2. The first-order valence-electron chi connectivity index (χ1n) is 7.97. The molecular formula is C19H21NO5S. The van der Waals surface area contributed by atoms with E-state index in [1.54, 1.807) is 58.4 Å². The number of rotatable bonds is 7.